The van der Waals surface area contributed by atoms with Gasteiger partial charge in [0.1, 0.15) is 5.75 Å². The highest BCUT2D eigenvalue weighted by Crippen LogP contribution is 2.28. The van der Waals surface area contributed by atoms with Gasteiger partial charge in [-0.05, 0) is 69.0 Å². The smallest absolute Gasteiger partial charge is 0.323 e. The number of rotatable bonds is 8. The molecule has 3 aromatic rings. The van der Waals surface area contributed by atoms with E-state index in [2.05, 4.69) is 10.6 Å². The van der Waals surface area contributed by atoms with E-state index in [1.54, 1.807) is 54.1 Å². The number of nitrogens with zero attached hydrogens (tertiary/aromatic N) is 2. The van der Waals surface area contributed by atoms with Crippen LogP contribution >= 0.6 is 0 Å². The number of ether oxygens (including phenoxy) is 2. The predicted molar refractivity (Wildman–Crippen MR) is 184 cm³/mol. The Kier molecular flexibility index (Phi) is 13.2. The highest BCUT2D eigenvalue weighted by molar-refractivity contribution is 6.02. The van der Waals surface area contributed by atoms with Crippen LogP contribution in [0.3, 0.4) is 0 Å². The third-order valence-electron chi connectivity index (χ3n) is 8.42. The Morgan fingerprint density at radius 3 is 2.36 bits per heavy atom. The number of nitrogens with one attached hydrogen (secondary N) is 2. The van der Waals surface area contributed by atoms with Gasteiger partial charge < -0.3 is 35.0 Å². The number of para-hydroxylation sites is 1. The van der Waals surface area contributed by atoms with Crippen LogP contribution in [0.2, 0.25) is 0 Å². The summed E-state index contributed by atoms with van der Waals surface area (Å²) < 4.78 is 12.7. The van der Waals surface area contributed by atoms with Crippen molar-refractivity contribution in [2.75, 3.05) is 44.0 Å². The first-order chi connectivity index (χ1) is 22.6. The molecule has 0 aromatic heterocycles. The number of aliphatic hydroxyl groups is 1. The van der Waals surface area contributed by atoms with Crippen LogP contribution in [0.1, 0.15) is 56.0 Å². The lowest BCUT2D eigenvalue weighted by Crippen LogP contribution is -2.48. The zero-order chi connectivity index (χ0) is 33.8. The molecule has 3 aromatic carbocycles. The third kappa shape index (κ3) is 10.6. The largest absolute Gasteiger partial charge is 0.490 e. The standard InChI is InChI=1S/C37H48N4O6/c1-26-23-41(27(2)25-42)36(44)32-22-31(39-37(45)38-30-16-9-6-10-17-30)18-19-33(32)47-28(3)13-11-12-20-46-34(26)24-40(4)35(43)21-29-14-7-5-8-15-29/h5-10,14-19,22,26-28,34,42H,11-13,20-21,23-25H2,1-4H3,(H2,38,39,45)/t26-,27+,28+,34-/m1/s1. The molecule has 0 bridgehead atoms. The summed E-state index contributed by atoms with van der Waals surface area (Å²) in [6.07, 6.45) is 2.21. The van der Waals surface area contributed by atoms with Gasteiger partial charge in [-0.2, -0.15) is 0 Å². The normalized spacial score (nSPS) is 19.8. The summed E-state index contributed by atoms with van der Waals surface area (Å²) in [5, 5.41) is 15.8. The number of hydrogen-bond donors (Lipinski definition) is 3. The van der Waals surface area contributed by atoms with Crippen LogP contribution in [0.4, 0.5) is 16.2 Å². The van der Waals surface area contributed by atoms with Gasteiger partial charge >= 0.3 is 6.03 Å². The maximum Gasteiger partial charge on any atom is 0.323 e. The quantitative estimate of drug-likeness (QED) is 0.284. The molecule has 47 heavy (non-hydrogen) atoms. The second kappa shape index (κ2) is 17.5. The maximum absolute atomic E-state index is 14.3. The Morgan fingerprint density at radius 1 is 0.979 bits per heavy atom. The van der Waals surface area contributed by atoms with Crippen molar-refractivity contribution in [2.24, 2.45) is 5.92 Å². The summed E-state index contributed by atoms with van der Waals surface area (Å²) in [5.74, 6) is -0.115. The van der Waals surface area contributed by atoms with E-state index in [4.69, 9.17) is 9.47 Å². The number of carbonyl (C=O) groups excluding carboxylic acids is 3. The van der Waals surface area contributed by atoms with Crippen molar-refractivity contribution in [1.82, 2.24) is 9.80 Å². The number of aliphatic hydroxyl groups excluding tert-OH is 1. The van der Waals surface area contributed by atoms with E-state index in [9.17, 15) is 19.5 Å². The molecular weight excluding hydrogens is 596 g/mol. The van der Waals surface area contributed by atoms with E-state index in [1.807, 2.05) is 62.4 Å². The van der Waals surface area contributed by atoms with Crippen LogP contribution in [0, 0.1) is 5.92 Å². The van der Waals surface area contributed by atoms with Gasteiger partial charge in [-0.15, -0.1) is 0 Å². The molecule has 3 N–H and O–H groups in total. The number of likely N-dealkylation sites (N-methyl/N-ethyl adjacent to an activating group) is 1. The van der Waals surface area contributed by atoms with E-state index in [0.717, 1.165) is 24.8 Å². The summed E-state index contributed by atoms with van der Waals surface area (Å²) in [6.45, 7) is 6.66. The predicted octanol–water partition coefficient (Wildman–Crippen LogP) is 5.83. The van der Waals surface area contributed by atoms with Gasteiger partial charge in [0.05, 0.1) is 36.8 Å². The first kappa shape index (κ1) is 35.4. The molecule has 10 heteroatoms. The highest BCUT2D eigenvalue weighted by atomic mass is 16.5. The first-order valence-electron chi connectivity index (χ1n) is 16.4. The number of benzene rings is 3. The summed E-state index contributed by atoms with van der Waals surface area (Å²) in [6, 6.07) is 22.8. The number of anilines is 2. The molecule has 4 amide bonds. The minimum Gasteiger partial charge on any atom is -0.490 e. The first-order valence-corrected chi connectivity index (χ1v) is 16.4. The molecule has 252 valence electrons. The van der Waals surface area contributed by atoms with Crippen molar-refractivity contribution >= 4 is 29.2 Å². The lowest BCUT2D eigenvalue weighted by Gasteiger charge is -2.36. The summed E-state index contributed by atoms with van der Waals surface area (Å²) in [7, 11) is 1.78. The summed E-state index contributed by atoms with van der Waals surface area (Å²) in [4.78, 5) is 43.6. The van der Waals surface area contributed by atoms with Gasteiger partial charge in [-0.1, -0.05) is 55.5 Å². The zero-order valence-corrected chi connectivity index (χ0v) is 27.9. The molecule has 0 saturated heterocycles. The maximum atomic E-state index is 14.3. The third-order valence-corrected chi connectivity index (χ3v) is 8.42. The van der Waals surface area contributed by atoms with Crippen LogP contribution in [-0.4, -0.2) is 84.4 Å². The number of urea groups is 1. The Hall–Kier alpha value is -4.41. The second-order valence-corrected chi connectivity index (χ2v) is 12.4. The van der Waals surface area contributed by atoms with Gasteiger partial charge in [0, 0.05) is 44.0 Å². The van der Waals surface area contributed by atoms with Crippen molar-refractivity contribution in [2.45, 2.75) is 64.7 Å². The molecule has 0 spiro atoms. The van der Waals surface area contributed by atoms with Crippen molar-refractivity contribution in [3.63, 3.8) is 0 Å². The minimum absolute atomic E-state index is 0.0145. The average molecular weight is 645 g/mol. The fourth-order valence-corrected chi connectivity index (χ4v) is 5.56. The number of fused-ring (bicyclic) bond motifs is 1. The van der Waals surface area contributed by atoms with Crippen LogP contribution in [0.5, 0.6) is 5.75 Å². The summed E-state index contributed by atoms with van der Waals surface area (Å²) >= 11 is 0. The van der Waals surface area contributed by atoms with Crippen molar-refractivity contribution in [1.29, 1.82) is 0 Å². The molecule has 0 aliphatic carbocycles. The second-order valence-electron chi connectivity index (χ2n) is 12.4. The fraction of sp³-hybridized carbons (Fsp3) is 0.432. The van der Waals surface area contributed by atoms with Gasteiger partial charge in [0.2, 0.25) is 5.91 Å². The molecule has 10 nitrogen and oxygen atoms in total. The highest BCUT2D eigenvalue weighted by Gasteiger charge is 2.31. The molecule has 1 heterocycles. The molecule has 1 aliphatic heterocycles. The Bertz CT molecular complexity index is 1450. The van der Waals surface area contributed by atoms with E-state index in [0.29, 0.717) is 36.7 Å². The van der Waals surface area contributed by atoms with Crippen molar-refractivity contribution in [3.8, 4) is 5.75 Å². The minimum atomic E-state index is -0.515. The number of carbonyl (C=O) groups is 3. The van der Waals surface area contributed by atoms with Gasteiger partial charge in [0.15, 0.2) is 0 Å². The van der Waals surface area contributed by atoms with Crippen LogP contribution in [0.25, 0.3) is 0 Å². The molecular formula is C37H48N4O6. The van der Waals surface area contributed by atoms with Gasteiger partial charge in [0.25, 0.3) is 5.91 Å². The van der Waals surface area contributed by atoms with Gasteiger partial charge in [-0.25, -0.2) is 4.79 Å². The van der Waals surface area contributed by atoms with Crippen LogP contribution in [0.15, 0.2) is 78.9 Å². The van der Waals surface area contributed by atoms with Crippen LogP contribution in [-0.2, 0) is 16.0 Å². The van der Waals surface area contributed by atoms with Gasteiger partial charge in [-0.3, -0.25) is 9.59 Å². The molecule has 1 aliphatic rings. The molecule has 0 unspecified atom stereocenters. The van der Waals surface area contributed by atoms with E-state index >= 15 is 0 Å². The SMILES string of the molecule is C[C@@H]1CN([C@@H](C)CO)C(=O)c2cc(NC(=O)Nc3ccccc3)ccc2O[C@@H](C)CCCCO[C@@H]1CN(C)C(=O)Cc1ccccc1. The Balaban J connectivity index is 1.58. The van der Waals surface area contributed by atoms with Crippen molar-refractivity contribution < 1.29 is 29.0 Å². The zero-order valence-electron chi connectivity index (χ0n) is 27.9. The Morgan fingerprint density at radius 2 is 1.66 bits per heavy atom. The molecule has 4 rings (SSSR count). The van der Waals surface area contributed by atoms with E-state index in [-0.39, 0.29) is 48.7 Å². The monoisotopic (exact) mass is 644 g/mol. The molecule has 0 saturated carbocycles. The van der Waals surface area contributed by atoms with E-state index < -0.39 is 12.1 Å². The number of amides is 4. The van der Waals surface area contributed by atoms with E-state index in [1.165, 1.54) is 0 Å². The fourth-order valence-electron chi connectivity index (χ4n) is 5.56. The molecule has 0 radical (unpaired) electrons. The lowest BCUT2D eigenvalue weighted by atomic mass is 10.0. The van der Waals surface area contributed by atoms with Crippen LogP contribution < -0.4 is 15.4 Å². The number of hydrogen-bond acceptors (Lipinski definition) is 6. The molecule has 0 fully saturated rings. The van der Waals surface area contributed by atoms with Crippen molar-refractivity contribution in [3.05, 3.63) is 90.0 Å². The Labute approximate surface area is 278 Å². The molecule has 4 atom stereocenters. The lowest BCUT2D eigenvalue weighted by molar-refractivity contribution is -0.131. The average Bonchev–Trinajstić information content (AvgIpc) is 3.06. The summed E-state index contributed by atoms with van der Waals surface area (Å²) in [5.41, 5.74) is 2.29. The topological polar surface area (TPSA) is 120 Å².